The SMILES string of the molecule is CC1CNCCN1c1ccc(S(C)(=O)=O)cc1S(C)(=O)=O. The lowest BCUT2D eigenvalue weighted by Gasteiger charge is -2.36. The van der Waals surface area contributed by atoms with E-state index >= 15 is 0 Å². The molecule has 1 unspecified atom stereocenters. The smallest absolute Gasteiger partial charge is 0.177 e. The van der Waals surface area contributed by atoms with Crippen LogP contribution in [-0.4, -0.2) is 55.0 Å². The zero-order chi connectivity index (χ0) is 15.8. The molecule has 0 saturated carbocycles. The molecule has 0 aromatic heterocycles. The third-order valence-corrected chi connectivity index (χ3v) is 5.81. The standard InChI is InChI=1S/C13H20N2O4S2/c1-10-9-14-6-7-15(10)12-5-4-11(20(2,16)17)8-13(12)21(3,18)19/h4-5,8,10,14H,6-7,9H2,1-3H3. The van der Waals surface area contributed by atoms with Crippen LogP contribution < -0.4 is 10.2 Å². The Kier molecular flexibility index (Phi) is 4.32. The summed E-state index contributed by atoms with van der Waals surface area (Å²) in [7, 11) is -6.96. The molecule has 8 heteroatoms. The van der Waals surface area contributed by atoms with E-state index in [2.05, 4.69) is 5.32 Å². The summed E-state index contributed by atoms with van der Waals surface area (Å²) < 4.78 is 47.4. The van der Waals surface area contributed by atoms with Gasteiger partial charge in [-0.25, -0.2) is 16.8 Å². The monoisotopic (exact) mass is 332 g/mol. The van der Waals surface area contributed by atoms with Gasteiger partial charge >= 0.3 is 0 Å². The second-order valence-corrected chi connectivity index (χ2v) is 9.42. The lowest BCUT2D eigenvalue weighted by molar-refractivity contribution is 0.498. The topological polar surface area (TPSA) is 83.6 Å². The number of anilines is 1. The van der Waals surface area contributed by atoms with Gasteiger partial charge in [0.25, 0.3) is 0 Å². The minimum atomic E-state index is -3.52. The summed E-state index contributed by atoms with van der Waals surface area (Å²) in [6.45, 7) is 4.21. The number of piperazine rings is 1. The van der Waals surface area contributed by atoms with E-state index in [-0.39, 0.29) is 15.8 Å². The highest BCUT2D eigenvalue weighted by molar-refractivity contribution is 7.91. The molecule has 118 valence electrons. The third kappa shape index (κ3) is 3.56. The van der Waals surface area contributed by atoms with Gasteiger partial charge < -0.3 is 10.2 Å². The molecule has 1 aliphatic rings. The predicted molar refractivity (Wildman–Crippen MR) is 82.3 cm³/mol. The summed E-state index contributed by atoms with van der Waals surface area (Å²) in [6.07, 6.45) is 2.17. The predicted octanol–water partition coefficient (Wildman–Crippen LogP) is 0.292. The van der Waals surface area contributed by atoms with Crippen molar-refractivity contribution in [1.82, 2.24) is 5.32 Å². The Morgan fingerprint density at radius 3 is 2.33 bits per heavy atom. The first kappa shape index (κ1) is 16.3. The first-order chi connectivity index (χ1) is 9.60. The highest BCUT2D eigenvalue weighted by Crippen LogP contribution is 2.30. The van der Waals surface area contributed by atoms with Crippen LogP contribution in [0.3, 0.4) is 0 Å². The van der Waals surface area contributed by atoms with Crippen LogP contribution in [0.4, 0.5) is 5.69 Å². The molecule has 0 bridgehead atoms. The molecule has 0 spiro atoms. The van der Waals surface area contributed by atoms with Crippen molar-refractivity contribution in [3.05, 3.63) is 18.2 Å². The average molecular weight is 332 g/mol. The molecule has 21 heavy (non-hydrogen) atoms. The summed E-state index contributed by atoms with van der Waals surface area (Å²) in [5.74, 6) is 0. The van der Waals surface area contributed by atoms with Gasteiger partial charge in [0, 0.05) is 38.2 Å². The Bertz CT molecular complexity index is 741. The Morgan fingerprint density at radius 1 is 1.14 bits per heavy atom. The molecule has 1 aromatic carbocycles. The molecule has 1 saturated heterocycles. The van der Waals surface area contributed by atoms with Crippen LogP contribution in [0.1, 0.15) is 6.92 Å². The van der Waals surface area contributed by atoms with E-state index in [0.717, 1.165) is 25.6 Å². The van der Waals surface area contributed by atoms with Gasteiger partial charge in [-0.2, -0.15) is 0 Å². The van der Waals surface area contributed by atoms with Crippen LogP contribution in [0.2, 0.25) is 0 Å². The van der Waals surface area contributed by atoms with E-state index in [1.807, 2.05) is 11.8 Å². The van der Waals surface area contributed by atoms with Gasteiger partial charge in [-0.05, 0) is 25.1 Å². The van der Waals surface area contributed by atoms with Crippen molar-refractivity contribution in [3.63, 3.8) is 0 Å². The maximum absolute atomic E-state index is 12.0. The number of nitrogens with one attached hydrogen (secondary N) is 1. The molecule has 1 aromatic rings. The molecule has 1 fully saturated rings. The van der Waals surface area contributed by atoms with E-state index in [1.165, 1.54) is 12.1 Å². The fourth-order valence-corrected chi connectivity index (χ4v) is 4.09. The van der Waals surface area contributed by atoms with Gasteiger partial charge in [0.15, 0.2) is 19.7 Å². The van der Waals surface area contributed by atoms with Crippen molar-refractivity contribution in [1.29, 1.82) is 0 Å². The lowest BCUT2D eigenvalue weighted by atomic mass is 10.2. The van der Waals surface area contributed by atoms with Crippen LogP contribution in [0.5, 0.6) is 0 Å². The number of hydrogen-bond donors (Lipinski definition) is 1. The molecule has 1 heterocycles. The summed E-state index contributed by atoms with van der Waals surface area (Å²) in [4.78, 5) is 2.09. The maximum atomic E-state index is 12.0. The normalized spacial score (nSPS) is 20.5. The summed E-state index contributed by atoms with van der Waals surface area (Å²) in [5, 5.41) is 3.24. The van der Waals surface area contributed by atoms with Gasteiger partial charge in [-0.15, -0.1) is 0 Å². The van der Waals surface area contributed by atoms with Gasteiger partial charge in [0.1, 0.15) is 0 Å². The minimum Gasteiger partial charge on any atom is -0.365 e. The number of nitrogens with zero attached hydrogens (tertiary/aromatic N) is 1. The Labute approximate surface area is 126 Å². The van der Waals surface area contributed by atoms with Crippen LogP contribution >= 0.6 is 0 Å². The quantitative estimate of drug-likeness (QED) is 0.857. The average Bonchev–Trinajstić information content (AvgIpc) is 2.36. The van der Waals surface area contributed by atoms with Crippen LogP contribution in [0, 0.1) is 0 Å². The maximum Gasteiger partial charge on any atom is 0.177 e. The van der Waals surface area contributed by atoms with Crippen molar-refractivity contribution in [2.75, 3.05) is 37.0 Å². The highest BCUT2D eigenvalue weighted by atomic mass is 32.2. The van der Waals surface area contributed by atoms with Gasteiger partial charge in [0.05, 0.1) is 15.5 Å². The van der Waals surface area contributed by atoms with E-state index in [1.54, 1.807) is 6.07 Å². The zero-order valence-corrected chi connectivity index (χ0v) is 14.0. The Balaban J connectivity index is 2.61. The van der Waals surface area contributed by atoms with Crippen LogP contribution in [0.25, 0.3) is 0 Å². The van der Waals surface area contributed by atoms with E-state index in [4.69, 9.17) is 0 Å². The number of rotatable bonds is 3. The third-order valence-electron chi connectivity index (χ3n) is 3.57. The summed E-state index contributed by atoms with van der Waals surface area (Å²) >= 11 is 0. The van der Waals surface area contributed by atoms with E-state index in [0.29, 0.717) is 12.2 Å². The molecule has 1 aliphatic heterocycles. The summed E-state index contributed by atoms with van der Waals surface area (Å²) in [5.41, 5.74) is 0.568. The molecular weight excluding hydrogens is 312 g/mol. The van der Waals surface area contributed by atoms with Crippen molar-refractivity contribution in [3.8, 4) is 0 Å². The molecule has 6 nitrogen and oxygen atoms in total. The van der Waals surface area contributed by atoms with Crippen molar-refractivity contribution in [2.45, 2.75) is 22.8 Å². The number of sulfone groups is 2. The number of benzene rings is 1. The zero-order valence-electron chi connectivity index (χ0n) is 12.3. The second-order valence-electron chi connectivity index (χ2n) is 5.42. The van der Waals surface area contributed by atoms with Crippen LogP contribution in [-0.2, 0) is 19.7 Å². The molecule has 0 radical (unpaired) electrons. The van der Waals surface area contributed by atoms with Gasteiger partial charge in [-0.3, -0.25) is 0 Å². The molecule has 0 aliphatic carbocycles. The molecule has 1 atom stereocenters. The first-order valence-electron chi connectivity index (χ1n) is 6.62. The molecule has 1 N–H and O–H groups in total. The van der Waals surface area contributed by atoms with E-state index in [9.17, 15) is 16.8 Å². The highest BCUT2D eigenvalue weighted by Gasteiger charge is 2.25. The van der Waals surface area contributed by atoms with Crippen molar-refractivity contribution in [2.24, 2.45) is 0 Å². The van der Waals surface area contributed by atoms with Crippen LogP contribution in [0.15, 0.2) is 28.0 Å². The van der Waals surface area contributed by atoms with Crippen molar-refractivity contribution >= 4 is 25.4 Å². The molecular formula is C13H20N2O4S2. The second kappa shape index (κ2) is 5.58. The van der Waals surface area contributed by atoms with Crippen molar-refractivity contribution < 1.29 is 16.8 Å². The Morgan fingerprint density at radius 2 is 1.81 bits per heavy atom. The van der Waals surface area contributed by atoms with Gasteiger partial charge in [-0.1, -0.05) is 0 Å². The first-order valence-corrected chi connectivity index (χ1v) is 10.4. The number of hydrogen-bond acceptors (Lipinski definition) is 6. The fraction of sp³-hybridized carbons (Fsp3) is 0.538. The lowest BCUT2D eigenvalue weighted by Crippen LogP contribution is -2.50. The molecule has 2 rings (SSSR count). The Hall–Kier alpha value is -1.12. The summed E-state index contributed by atoms with van der Waals surface area (Å²) in [6, 6.07) is 4.46. The largest absolute Gasteiger partial charge is 0.365 e. The fourth-order valence-electron chi connectivity index (χ4n) is 2.46. The van der Waals surface area contributed by atoms with Gasteiger partial charge in [0.2, 0.25) is 0 Å². The molecule has 0 amide bonds. The van der Waals surface area contributed by atoms with E-state index < -0.39 is 19.7 Å². The minimum absolute atomic E-state index is 0.0227.